The van der Waals surface area contributed by atoms with Crippen LogP contribution in [0.3, 0.4) is 0 Å². The Hall–Kier alpha value is -5.36. The second-order valence-corrected chi connectivity index (χ2v) is 16.1. The van der Waals surface area contributed by atoms with E-state index < -0.39 is 54.0 Å². The van der Waals surface area contributed by atoms with E-state index in [-0.39, 0.29) is 30.4 Å². The molecule has 0 fully saturated rings. The maximum absolute atomic E-state index is 14.3. The fourth-order valence-corrected chi connectivity index (χ4v) is 6.75. The molecule has 63 heavy (non-hydrogen) atoms. The molecule has 0 spiro atoms. The molecule has 15 nitrogen and oxygen atoms in total. The molecular weight excluding hydrogens is 826 g/mol. The number of aromatic hydroxyl groups is 1. The largest absolute Gasteiger partial charge is 0.508 e. The minimum atomic E-state index is -5.08. The molecule has 0 aliphatic heterocycles. The average molecular weight is 893 g/mol. The topological polar surface area (TPSA) is 259 Å². The minimum absolute atomic E-state index is 0.0133. The van der Waals surface area contributed by atoms with Gasteiger partial charge in [0.15, 0.2) is 0 Å². The average Bonchev–Trinajstić information content (AvgIpc) is 3.59. The molecule has 352 valence electrons. The third kappa shape index (κ3) is 19.3. The van der Waals surface area contributed by atoms with Crippen molar-refractivity contribution in [2.24, 2.45) is 23.3 Å². The van der Waals surface area contributed by atoms with E-state index in [1.165, 1.54) is 12.1 Å². The van der Waals surface area contributed by atoms with Crippen LogP contribution in [0.4, 0.5) is 13.2 Å². The number of ether oxygens (including phenoxy) is 1. The number of H-pyrrole nitrogens is 1. The number of hydrogen-bond acceptors (Lipinski definition) is 9. The standard InChI is InChI=1S/C43H66N6O7.C2HF3O2/c1-5-29(4)38(41(52)48-37(43(54)55)25-28(2)3)49-40(51)36(26-30-16-18-31(50)19-17-30)47-42(53)39-33(15-11-7-6-8-12-22-44)34-27-32(20-21-35(34)46-39)56-24-14-10-9-13-23-45;3-2(4,5)1(6)7/h16-21,27-29,36-38,46,50H,5-15,22-26,44-45H2,1-4H3,(H,47,53)(H,48,52)(H,49,51)(H,54,55);(H,6,7)/t29-,36-,37-,38-;/m0./s1. The predicted octanol–water partition coefficient (Wildman–Crippen LogP) is 6.34. The number of halogens is 3. The summed E-state index contributed by atoms with van der Waals surface area (Å²) in [7, 11) is 0. The first-order chi connectivity index (χ1) is 29.8. The van der Waals surface area contributed by atoms with Crippen LogP contribution in [0.25, 0.3) is 10.9 Å². The fraction of sp³-hybridized carbons (Fsp3) is 0.578. The van der Waals surface area contributed by atoms with E-state index in [9.17, 15) is 42.6 Å². The molecule has 0 aliphatic rings. The first-order valence-corrected chi connectivity index (χ1v) is 21.7. The van der Waals surface area contributed by atoms with E-state index in [1.807, 2.05) is 45.9 Å². The van der Waals surface area contributed by atoms with Gasteiger partial charge in [-0.25, -0.2) is 9.59 Å². The normalized spacial score (nSPS) is 13.3. The Morgan fingerprint density at radius 2 is 1.37 bits per heavy atom. The molecule has 3 amide bonds. The van der Waals surface area contributed by atoms with Crippen molar-refractivity contribution in [1.82, 2.24) is 20.9 Å². The van der Waals surface area contributed by atoms with Crippen LogP contribution < -0.4 is 32.2 Å². The van der Waals surface area contributed by atoms with Crippen molar-refractivity contribution >= 4 is 40.6 Å². The number of aliphatic carboxylic acids is 2. The van der Waals surface area contributed by atoms with Crippen LogP contribution >= 0.6 is 0 Å². The summed E-state index contributed by atoms with van der Waals surface area (Å²) in [5.74, 6) is -5.15. The van der Waals surface area contributed by atoms with Gasteiger partial charge in [-0.15, -0.1) is 0 Å². The number of aromatic amines is 1. The van der Waals surface area contributed by atoms with Gasteiger partial charge in [0.2, 0.25) is 11.8 Å². The Kier molecular flexibility index (Phi) is 23.6. The first kappa shape index (κ1) is 53.8. The van der Waals surface area contributed by atoms with Gasteiger partial charge < -0.3 is 52.5 Å². The van der Waals surface area contributed by atoms with Gasteiger partial charge in [0, 0.05) is 17.3 Å². The van der Waals surface area contributed by atoms with Gasteiger partial charge >= 0.3 is 18.1 Å². The number of benzene rings is 2. The summed E-state index contributed by atoms with van der Waals surface area (Å²) in [5, 5.41) is 36.1. The zero-order valence-corrected chi connectivity index (χ0v) is 36.8. The summed E-state index contributed by atoms with van der Waals surface area (Å²) < 4.78 is 37.8. The third-order valence-corrected chi connectivity index (χ3v) is 10.5. The van der Waals surface area contributed by atoms with Crippen molar-refractivity contribution in [1.29, 1.82) is 0 Å². The zero-order chi connectivity index (χ0) is 47.1. The van der Waals surface area contributed by atoms with Gasteiger partial charge in [-0.05, 0) is 105 Å². The van der Waals surface area contributed by atoms with Crippen LogP contribution in [0.5, 0.6) is 11.5 Å². The van der Waals surface area contributed by atoms with Crippen LogP contribution in [0.1, 0.15) is 120 Å². The third-order valence-electron chi connectivity index (χ3n) is 10.5. The molecule has 0 bridgehead atoms. The summed E-state index contributed by atoms with van der Waals surface area (Å²) in [5.41, 5.74) is 13.9. The highest BCUT2D eigenvalue weighted by Crippen LogP contribution is 2.29. The minimum Gasteiger partial charge on any atom is -0.508 e. The summed E-state index contributed by atoms with van der Waals surface area (Å²) in [6, 6.07) is 8.81. The molecule has 0 radical (unpaired) electrons. The Morgan fingerprint density at radius 3 is 1.92 bits per heavy atom. The summed E-state index contributed by atoms with van der Waals surface area (Å²) in [6.45, 7) is 9.34. The number of carbonyl (C=O) groups excluding carboxylic acids is 3. The van der Waals surface area contributed by atoms with E-state index in [0.29, 0.717) is 49.5 Å². The molecule has 1 heterocycles. The number of aromatic nitrogens is 1. The number of alkyl halides is 3. The Balaban J connectivity index is 0.00000179. The van der Waals surface area contributed by atoms with E-state index in [1.54, 1.807) is 12.1 Å². The zero-order valence-electron chi connectivity index (χ0n) is 36.8. The lowest BCUT2D eigenvalue weighted by atomic mass is 9.96. The Labute approximate surface area is 367 Å². The molecule has 0 saturated heterocycles. The highest BCUT2D eigenvalue weighted by molar-refractivity contribution is 6.03. The van der Waals surface area contributed by atoms with Gasteiger partial charge in [0.05, 0.1) is 6.61 Å². The second kappa shape index (κ2) is 27.6. The number of nitrogens with one attached hydrogen (secondary N) is 4. The van der Waals surface area contributed by atoms with Crippen molar-refractivity contribution in [2.45, 2.75) is 135 Å². The molecule has 0 unspecified atom stereocenters. The number of phenolic OH excluding ortho intramolecular Hbond substituents is 1. The molecule has 0 aliphatic carbocycles. The monoisotopic (exact) mass is 892 g/mol. The molecule has 1 aromatic heterocycles. The van der Waals surface area contributed by atoms with Crippen LogP contribution in [0, 0.1) is 11.8 Å². The molecule has 3 aromatic rings. The van der Waals surface area contributed by atoms with Crippen LogP contribution in [0.2, 0.25) is 0 Å². The Morgan fingerprint density at radius 1 is 0.778 bits per heavy atom. The van der Waals surface area contributed by atoms with Gasteiger partial charge in [0.1, 0.15) is 35.3 Å². The number of amides is 3. The maximum atomic E-state index is 14.3. The van der Waals surface area contributed by atoms with Gasteiger partial charge in [0.25, 0.3) is 5.91 Å². The van der Waals surface area contributed by atoms with Crippen molar-refractivity contribution in [3.05, 3.63) is 59.3 Å². The quantitative estimate of drug-likeness (QED) is 0.0381. The molecule has 0 saturated carbocycles. The number of carbonyl (C=O) groups is 5. The molecule has 11 N–H and O–H groups in total. The molecular formula is C45H67F3N6O9. The predicted molar refractivity (Wildman–Crippen MR) is 234 cm³/mol. The highest BCUT2D eigenvalue weighted by atomic mass is 19.4. The maximum Gasteiger partial charge on any atom is 0.490 e. The first-order valence-electron chi connectivity index (χ1n) is 21.7. The molecule has 18 heteroatoms. The van der Waals surface area contributed by atoms with Crippen molar-refractivity contribution in [2.75, 3.05) is 19.7 Å². The number of phenols is 1. The van der Waals surface area contributed by atoms with Gasteiger partial charge in [-0.2, -0.15) is 13.2 Å². The number of hydrogen-bond donors (Lipinski definition) is 9. The number of carboxylic acids is 2. The van der Waals surface area contributed by atoms with Crippen molar-refractivity contribution in [3.63, 3.8) is 0 Å². The Bertz CT molecular complexity index is 1890. The molecule has 2 aromatic carbocycles. The molecule has 4 atom stereocenters. The number of carboxylic acid groups (broad SMARTS) is 2. The second-order valence-electron chi connectivity index (χ2n) is 16.1. The molecule has 3 rings (SSSR count). The van der Waals surface area contributed by atoms with Crippen molar-refractivity contribution < 1.29 is 57.2 Å². The summed E-state index contributed by atoms with van der Waals surface area (Å²) >= 11 is 0. The lowest BCUT2D eigenvalue weighted by Gasteiger charge is -2.28. The van der Waals surface area contributed by atoms with E-state index >= 15 is 0 Å². The van der Waals surface area contributed by atoms with Gasteiger partial charge in [-0.1, -0.05) is 78.4 Å². The fourth-order valence-electron chi connectivity index (χ4n) is 6.75. The number of fused-ring (bicyclic) bond motifs is 1. The van der Waals surface area contributed by atoms with E-state index in [4.69, 9.17) is 26.1 Å². The van der Waals surface area contributed by atoms with E-state index in [2.05, 4.69) is 20.9 Å². The number of unbranched alkanes of at least 4 members (excludes halogenated alkanes) is 7. The highest BCUT2D eigenvalue weighted by Gasteiger charge is 2.38. The summed E-state index contributed by atoms with van der Waals surface area (Å²) in [4.78, 5) is 66.3. The van der Waals surface area contributed by atoms with Gasteiger partial charge in [-0.3, -0.25) is 14.4 Å². The lowest BCUT2D eigenvalue weighted by Crippen LogP contribution is -2.58. The number of aryl methyl sites for hydroxylation is 1. The SMILES string of the molecule is CC[C@H](C)[C@H](NC(=O)[C@H](Cc1ccc(O)cc1)NC(=O)c1[nH]c2ccc(OCCCCCCN)cc2c1CCCCCCCN)C(=O)N[C@@H](CC(C)C)C(=O)O.O=C(O)C(F)(F)F. The van der Waals surface area contributed by atoms with Crippen LogP contribution in [0.15, 0.2) is 42.5 Å². The smallest absolute Gasteiger partial charge is 0.490 e. The van der Waals surface area contributed by atoms with Crippen molar-refractivity contribution in [3.8, 4) is 11.5 Å². The summed E-state index contributed by atoms with van der Waals surface area (Å²) in [6.07, 6.45) is 5.22. The number of rotatable bonds is 27. The van der Waals surface area contributed by atoms with Crippen LogP contribution in [-0.2, 0) is 32.0 Å². The lowest BCUT2D eigenvalue weighted by molar-refractivity contribution is -0.192. The van der Waals surface area contributed by atoms with Crippen LogP contribution in [-0.4, -0.2) is 94.0 Å². The van der Waals surface area contributed by atoms with E-state index in [0.717, 1.165) is 74.3 Å². The number of nitrogens with two attached hydrogens (primary N) is 2.